The summed E-state index contributed by atoms with van der Waals surface area (Å²) in [6.45, 7) is 0.179. The van der Waals surface area contributed by atoms with Crippen LogP contribution in [0.5, 0.6) is 0 Å². The fourth-order valence-corrected chi connectivity index (χ4v) is 2.74. The van der Waals surface area contributed by atoms with Gasteiger partial charge in [-0.1, -0.05) is 59.8 Å². The van der Waals surface area contributed by atoms with Crippen LogP contribution in [0.1, 0.15) is 16.8 Å². The highest BCUT2D eigenvalue weighted by Gasteiger charge is 2.15. The van der Waals surface area contributed by atoms with E-state index in [9.17, 15) is 4.79 Å². The summed E-state index contributed by atoms with van der Waals surface area (Å²) >= 11 is 0. The number of ether oxygens (including phenoxy) is 2. The molecule has 152 valence electrons. The summed E-state index contributed by atoms with van der Waals surface area (Å²) in [6.07, 6.45) is 4.37. The van der Waals surface area contributed by atoms with Gasteiger partial charge in [0.1, 0.15) is 11.9 Å². The Morgan fingerprint density at radius 1 is 1.03 bits per heavy atom. The van der Waals surface area contributed by atoms with Crippen LogP contribution in [-0.2, 0) is 25.7 Å². The van der Waals surface area contributed by atoms with Crippen molar-refractivity contribution in [1.82, 2.24) is 9.97 Å². The molecular weight excluding hydrogens is 382 g/mol. The van der Waals surface area contributed by atoms with Crippen molar-refractivity contribution in [3.05, 3.63) is 90.1 Å². The lowest BCUT2D eigenvalue weighted by molar-refractivity contribution is -0.133. The lowest BCUT2D eigenvalue weighted by Gasteiger charge is -2.08. The van der Waals surface area contributed by atoms with Gasteiger partial charge in [0, 0.05) is 16.7 Å². The quantitative estimate of drug-likeness (QED) is 0.187. The van der Waals surface area contributed by atoms with Crippen molar-refractivity contribution < 1.29 is 19.1 Å². The van der Waals surface area contributed by atoms with Crippen molar-refractivity contribution in [1.29, 1.82) is 0 Å². The van der Waals surface area contributed by atoms with Gasteiger partial charge in [-0.15, -0.1) is 0 Å². The number of carbonyl (C=O) groups is 1. The molecule has 0 aliphatic heterocycles. The number of methoxy groups -OCH3 is 2. The normalized spacial score (nSPS) is 11.3. The summed E-state index contributed by atoms with van der Waals surface area (Å²) in [4.78, 5) is 26.0. The van der Waals surface area contributed by atoms with Gasteiger partial charge < -0.3 is 14.3 Å². The lowest BCUT2D eigenvalue weighted by atomic mass is 10.0. The van der Waals surface area contributed by atoms with Gasteiger partial charge >= 0.3 is 5.97 Å². The molecule has 0 aliphatic rings. The molecule has 0 unspecified atom stereocenters. The van der Waals surface area contributed by atoms with E-state index in [1.165, 1.54) is 33.0 Å². The van der Waals surface area contributed by atoms with Gasteiger partial charge in [0.25, 0.3) is 0 Å². The third-order valence-corrected chi connectivity index (χ3v) is 4.16. The maximum Gasteiger partial charge on any atom is 0.341 e. The first-order valence-electron chi connectivity index (χ1n) is 9.15. The molecule has 0 atom stereocenters. The molecule has 1 aromatic heterocycles. The summed E-state index contributed by atoms with van der Waals surface area (Å²) in [7, 11) is 2.78. The van der Waals surface area contributed by atoms with Crippen molar-refractivity contribution in [2.45, 2.75) is 6.61 Å². The fraction of sp³-hybridized carbons (Fsp3) is 0.130. The molecule has 2 aromatic carbocycles. The van der Waals surface area contributed by atoms with Crippen molar-refractivity contribution in [2.24, 2.45) is 5.16 Å². The molecule has 0 aliphatic carbocycles. The SMILES string of the molecule is CO/C=C(/C(=O)OC)c1ccccc1/C=N/OCc1cc(-c2ccccc2)ncn1. The highest BCUT2D eigenvalue weighted by atomic mass is 16.6. The molecule has 0 radical (unpaired) electrons. The molecule has 7 heteroatoms. The van der Waals surface area contributed by atoms with Gasteiger partial charge in [-0.2, -0.15) is 0 Å². The first-order chi connectivity index (χ1) is 14.7. The van der Waals surface area contributed by atoms with Gasteiger partial charge in [-0.3, -0.25) is 0 Å². The zero-order chi connectivity index (χ0) is 21.2. The van der Waals surface area contributed by atoms with E-state index in [4.69, 9.17) is 14.3 Å². The number of esters is 1. The van der Waals surface area contributed by atoms with Crippen LogP contribution in [0.15, 0.2) is 78.4 Å². The molecule has 0 spiro atoms. The van der Waals surface area contributed by atoms with Gasteiger partial charge in [0.15, 0.2) is 6.61 Å². The summed E-state index contributed by atoms with van der Waals surface area (Å²) in [5.41, 5.74) is 4.09. The smallest absolute Gasteiger partial charge is 0.341 e. The number of hydrogen-bond acceptors (Lipinski definition) is 7. The number of oxime groups is 1. The van der Waals surface area contributed by atoms with Crippen molar-refractivity contribution in [2.75, 3.05) is 14.2 Å². The molecule has 0 saturated carbocycles. The number of nitrogens with zero attached hydrogens (tertiary/aromatic N) is 3. The van der Waals surface area contributed by atoms with Gasteiger partial charge in [-0.05, 0) is 6.07 Å². The second kappa shape index (κ2) is 10.5. The van der Waals surface area contributed by atoms with E-state index in [0.717, 1.165) is 11.3 Å². The molecule has 0 bridgehead atoms. The van der Waals surface area contributed by atoms with Gasteiger partial charge in [0.05, 0.1) is 38.1 Å². The highest BCUT2D eigenvalue weighted by molar-refractivity contribution is 6.18. The summed E-state index contributed by atoms with van der Waals surface area (Å²) in [5.74, 6) is -0.506. The van der Waals surface area contributed by atoms with Crippen LogP contribution in [-0.4, -0.2) is 36.4 Å². The number of benzene rings is 2. The Bertz CT molecular complexity index is 1050. The molecule has 7 nitrogen and oxygen atoms in total. The molecule has 1 heterocycles. The number of carbonyl (C=O) groups excluding carboxylic acids is 1. The Labute approximate surface area is 174 Å². The zero-order valence-electron chi connectivity index (χ0n) is 16.7. The fourth-order valence-electron chi connectivity index (χ4n) is 2.74. The summed E-state index contributed by atoms with van der Waals surface area (Å²) in [5, 5.41) is 4.02. The van der Waals surface area contributed by atoms with E-state index in [0.29, 0.717) is 16.8 Å². The molecule has 0 fully saturated rings. The molecule has 30 heavy (non-hydrogen) atoms. The molecule has 0 saturated heterocycles. The Morgan fingerprint density at radius 3 is 2.57 bits per heavy atom. The van der Waals surface area contributed by atoms with Crippen LogP contribution in [0.2, 0.25) is 0 Å². The second-order valence-electron chi connectivity index (χ2n) is 6.11. The number of aromatic nitrogens is 2. The Balaban J connectivity index is 1.71. The maximum atomic E-state index is 12.1. The van der Waals surface area contributed by atoms with E-state index in [2.05, 4.69) is 15.1 Å². The number of hydrogen-bond donors (Lipinski definition) is 0. The predicted molar refractivity (Wildman–Crippen MR) is 113 cm³/mol. The van der Waals surface area contributed by atoms with Crippen molar-refractivity contribution in [3.8, 4) is 11.3 Å². The molecule has 0 N–H and O–H groups in total. The van der Waals surface area contributed by atoms with Crippen LogP contribution in [0.3, 0.4) is 0 Å². The van der Waals surface area contributed by atoms with Crippen LogP contribution in [0.25, 0.3) is 16.8 Å². The average Bonchev–Trinajstić information content (AvgIpc) is 2.81. The van der Waals surface area contributed by atoms with E-state index in [-0.39, 0.29) is 12.2 Å². The first-order valence-corrected chi connectivity index (χ1v) is 9.15. The largest absolute Gasteiger partial charge is 0.503 e. The van der Waals surface area contributed by atoms with E-state index < -0.39 is 5.97 Å². The standard InChI is InChI=1S/C23H21N3O4/c1-28-15-21(23(27)29-2)20-11-7-6-10-18(20)13-26-30-14-19-12-22(25-16-24-19)17-8-4-3-5-9-17/h3-13,15-16H,14H2,1-2H3/b21-15+,26-13+. The first kappa shape index (κ1) is 20.7. The zero-order valence-corrected chi connectivity index (χ0v) is 16.7. The number of rotatable bonds is 8. The van der Waals surface area contributed by atoms with Crippen molar-refractivity contribution in [3.63, 3.8) is 0 Å². The third kappa shape index (κ3) is 5.29. The van der Waals surface area contributed by atoms with Crippen molar-refractivity contribution >= 4 is 17.8 Å². The van der Waals surface area contributed by atoms with Crippen LogP contribution in [0.4, 0.5) is 0 Å². The van der Waals surface area contributed by atoms with Gasteiger partial charge in [0.2, 0.25) is 0 Å². The Kier molecular flexibility index (Phi) is 7.27. The Morgan fingerprint density at radius 2 is 1.80 bits per heavy atom. The second-order valence-corrected chi connectivity index (χ2v) is 6.11. The third-order valence-electron chi connectivity index (χ3n) is 4.16. The Hall–Kier alpha value is -4.00. The molecule has 0 amide bonds. The van der Waals surface area contributed by atoms with Crippen LogP contribution in [0, 0.1) is 0 Å². The van der Waals surface area contributed by atoms with Gasteiger partial charge in [-0.25, -0.2) is 14.8 Å². The molecule has 3 rings (SSSR count). The molecule has 3 aromatic rings. The average molecular weight is 403 g/mol. The molecular formula is C23H21N3O4. The van der Waals surface area contributed by atoms with E-state index in [1.807, 2.05) is 54.6 Å². The minimum absolute atomic E-state index is 0.179. The predicted octanol–water partition coefficient (Wildman–Crippen LogP) is 3.85. The topological polar surface area (TPSA) is 82.9 Å². The van der Waals surface area contributed by atoms with E-state index in [1.54, 1.807) is 6.07 Å². The van der Waals surface area contributed by atoms with Crippen LogP contribution >= 0.6 is 0 Å². The van der Waals surface area contributed by atoms with E-state index >= 15 is 0 Å². The summed E-state index contributed by atoms with van der Waals surface area (Å²) < 4.78 is 9.84. The highest BCUT2D eigenvalue weighted by Crippen LogP contribution is 2.20. The maximum absolute atomic E-state index is 12.1. The monoisotopic (exact) mass is 403 g/mol. The summed E-state index contributed by atoms with van der Waals surface area (Å²) in [6, 6.07) is 18.9. The minimum Gasteiger partial charge on any atom is -0.503 e. The minimum atomic E-state index is -0.506. The van der Waals surface area contributed by atoms with Crippen LogP contribution < -0.4 is 0 Å². The lowest BCUT2D eigenvalue weighted by Crippen LogP contribution is -2.06.